The van der Waals surface area contributed by atoms with Crippen molar-refractivity contribution in [3.05, 3.63) is 121 Å². The van der Waals surface area contributed by atoms with Crippen LogP contribution < -0.4 is 14.6 Å². The highest BCUT2D eigenvalue weighted by Gasteiger charge is 2.17. The van der Waals surface area contributed by atoms with E-state index in [0.29, 0.717) is 6.67 Å². The molecule has 1 aromatic heterocycles. The van der Waals surface area contributed by atoms with Crippen LogP contribution in [0.3, 0.4) is 0 Å². The molecule has 2 heterocycles. The third-order valence-electron chi connectivity index (χ3n) is 5.80. The third-order valence-corrected chi connectivity index (χ3v) is 5.80. The van der Waals surface area contributed by atoms with E-state index >= 15 is 0 Å². The van der Waals surface area contributed by atoms with Crippen LogP contribution in [0.4, 0.5) is 11.4 Å². The molecule has 5 aromatic rings. The summed E-state index contributed by atoms with van der Waals surface area (Å²) in [6.07, 6.45) is 3.82. The van der Waals surface area contributed by atoms with Gasteiger partial charge in [-0.3, -0.25) is 0 Å². The van der Waals surface area contributed by atoms with Crippen molar-refractivity contribution in [3.63, 3.8) is 0 Å². The maximum Gasteiger partial charge on any atom is 0.129 e. The first-order chi connectivity index (χ1) is 17.3. The van der Waals surface area contributed by atoms with Crippen molar-refractivity contribution in [2.45, 2.75) is 0 Å². The van der Waals surface area contributed by atoms with Gasteiger partial charge in [-0.05, 0) is 54.6 Å². The highest BCUT2D eigenvalue weighted by molar-refractivity contribution is 5.83. The second-order valence-corrected chi connectivity index (χ2v) is 8.19. The van der Waals surface area contributed by atoms with Gasteiger partial charge in [0.1, 0.15) is 24.5 Å². The van der Waals surface area contributed by atoms with Gasteiger partial charge in [0.15, 0.2) is 0 Å². The molecule has 35 heavy (non-hydrogen) atoms. The molecule has 6 rings (SSSR count). The first kappa shape index (κ1) is 20.7. The number of hydrazone groups is 1. The van der Waals surface area contributed by atoms with Crippen molar-refractivity contribution < 1.29 is 4.74 Å². The summed E-state index contributed by atoms with van der Waals surface area (Å²) in [5, 5.41) is 11.2. The zero-order valence-corrected chi connectivity index (χ0v) is 19.0. The maximum absolute atomic E-state index is 6.22. The van der Waals surface area contributed by atoms with E-state index in [2.05, 4.69) is 22.1 Å². The number of para-hydroxylation sites is 2. The first-order valence-corrected chi connectivity index (χ1v) is 11.4. The lowest BCUT2D eigenvalue weighted by atomic mass is 10.1. The molecule has 0 spiro atoms. The Hall–Kier alpha value is -4.84. The van der Waals surface area contributed by atoms with Gasteiger partial charge in [-0.25, -0.2) is 9.69 Å². The largest absolute Gasteiger partial charge is 0.457 e. The molecule has 4 aromatic carbocycles. The molecule has 0 fully saturated rings. The molecule has 170 valence electrons. The Labute approximate surface area is 203 Å². The average molecular weight is 458 g/mol. The number of ether oxygens (including phenoxy) is 1. The van der Waals surface area contributed by atoms with Crippen LogP contribution in [-0.4, -0.2) is 22.8 Å². The number of hydrogen-bond acceptors (Lipinski definition) is 5. The fraction of sp³-hybridized carbons (Fsp3) is 0.0345. The van der Waals surface area contributed by atoms with Crippen LogP contribution in [-0.2, 0) is 0 Å². The molecular weight excluding hydrogens is 434 g/mol. The van der Waals surface area contributed by atoms with Crippen molar-refractivity contribution in [1.29, 1.82) is 0 Å². The summed E-state index contributed by atoms with van der Waals surface area (Å²) in [6.45, 7) is 0.646. The molecule has 0 atom stereocenters. The Morgan fingerprint density at radius 2 is 1.31 bits per heavy atom. The van der Waals surface area contributed by atoms with Crippen molar-refractivity contribution in [3.8, 4) is 28.4 Å². The normalized spacial score (nSPS) is 12.8. The van der Waals surface area contributed by atoms with Gasteiger partial charge in [-0.1, -0.05) is 54.6 Å². The number of rotatable bonds is 6. The van der Waals surface area contributed by atoms with Gasteiger partial charge < -0.3 is 9.64 Å². The van der Waals surface area contributed by atoms with Crippen LogP contribution in [0.15, 0.2) is 127 Å². The van der Waals surface area contributed by atoms with E-state index in [1.165, 1.54) is 0 Å². The van der Waals surface area contributed by atoms with Crippen LogP contribution >= 0.6 is 0 Å². The fourth-order valence-electron chi connectivity index (χ4n) is 4.02. The Bertz CT molecular complexity index is 1460. The van der Waals surface area contributed by atoms with Crippen LogP contribution in [0.25, 0.3) is 16.9 Å². The fourth-order valence-corrected chi connectivity index (χ4v) is 4.02. The van der Waals surface area contributed by atoms with E-state index in [0.717, 1.165) is 39.8 Å². The second kappa shape index (κ2) is 9.19. The molecule has 0 radical (unpaired) electrons. The molecule has 6 heteroatoms. The van der Waals surface area contributed by atoms with Crippen molar-refractivity contribution in [1.82, 2.24) is 9.78 Å². The molecule has 0 amide bonds. The predicted molar refractivity (Wildman–Crippen MR) is 140 cm³/mol. The minimum absolute atomic E-state index is 0.646. The smallest absolute Gasteiger partial charge is 0.129 e. The van der Waals surface area contributed by atoms with Gasteiger partial charge in [-0.15, -0.1) is 0 Å². The molecule has 0 saturated heterocycles. The minimum atomic E-state index is 0.646. The van der Waals surface area contributed by atoms with E-state index < -0.39 is 0 Å². The van der Waals surface area contributed by atoms with E-state index in [1.807, 2.05) is 125 Å². The highest BCUT2D eigenvalue weighted by Crippen LogP contribution is 2.30. The SMILES string of the molecule is C1=NN(c2cccc(Oc3cccc(-c4ccn(-c5ccccc5)n4)c3)c2)CN1c1ccccc1. The Morgan fingerprint density at radius 3 is 2.11 bits per heavy atom. The van der Waals surface area contributed by atoms with Gasteiger partial charge in [0, 0.05) is 23.5 Å². The topological polar surface area (TPSA) is 45.9 Å². The van der Waals surface area contributed by atoms with Gasteiger partial charge in [-0.2, -0.15) is 10.2 Å². The molecule has 1 aliphatic heterocycles. The Balaban J connectivity index is 1.18. The van der Waals surface area contributed by atoms with Crippen LogP contribution in [0.2, 0.25) is 0 Å². The highest BCUT2D eigenvalue weighted by atomic mass is 16.5. The monoisotopic (exact) mass is 457 g/mol. The number of aromatic nitrogens is 2. The summed E-state index contributed by atoms with van der Waals surface area (Å²) in [5.74, 6) is 1.51. The third kappa shape index (κ3) is 4.50. The van der Waals surface area contributed by atoms with Crippen molar-refractivity contribution >= 4 is 17.7 Å². The van der Waals surface area contributed by atoms with Gasteiger partial charge >= 0.3 is 0 Å². The second-order valence-electron chi connectivity index (χ2n) is 8.19. The summed E-state index contributed by atoms with van der Waals surface area (Å²) in [7, 11) is 0. The molecular formula is C29H23N5O. The molecule has 6 nitrogen and oxygen atoms in total. The molecule has 1 aliphatic rings. The van der Waals surface area contributed by atoms with Crippen LogP contribution in [0.1, 0.15) is 0 Å². The van der Waals surface area contributed by atoms with E-state index in [-0.39, 0.29) is 0 Å². The Kier molecular flexibility index (Phi) is 5.45. The minimum Gasteiger partial charge on any atom is -0.457 e. The molecule has 0 unspecified atom stereocenters. The molecule has 0 N–H and O–H groups in total. The lowest BCUT2D eigenvalue weighted by Crippen LogP contribution is -2.26. The first-order valence-electron chi connectivity index (χ1n) is 11.4. The Morgan fingerprint density at radius 1 is 0.629 bits per heavy atom. The van der Waals surface area contributed by atoms with E-state index in [4.69, 9.17) is 9.84 Å². The number of benzene rings is 4. The van der Waals surface area contributed by atoms with Crippen LogP contribution in [0, 0.1) is 0 Å². The number of nitrogens with zero attached hydrogens (tertiary/aromatic N) is 5. The molecule has 0 bridgehead atoms. The zero-order chi connectivity index (χ0) is 23.5. The maximum atomic E-state index is 6.22. The summed E-state index contributed by atoms with van der Waals surface area (Å²) < 4.78 is 8.09. The average Bonchev–Trinajstić information content (AvgIpc) is 3.61. The summed E-state index contributed by atoms with van der Waals surface area (Å²) in [4.78, 5) is 2.10. The van der Waals surface area contributed by atoms with Crippen molar-refractivity contribution in [2.24, 2.45) is 5.10 Å². The number of hydrogen-bond donors (Lipinski definition) is 0. The lowest BCUT2D eigenvalue weighted by molar-refractivity contribution is 0.483. The summed E-state index contributed by atoms with van der Waals surface area (Å²) in [5.41, 5.74) is 4.99. The summed E-state index contributed by atoms with van der Waals surface area (Å²) >= 11 is 0. The lowest BCUT2D eigenvalue weighted by Gasteiger charge is -2.19. The van der Waals surface area contributed by atoms with Crippen LogP contribution in [0.5, 0.6) is 11.5 Å². The number of anilines is 2. The molecule has 0 saturated carbocycles. The van der Waals surface area contributed by atoms with Gasteiger partial charge in [0.05, 0.1) is 17.1 Å². The van der Waals surface area contributed by atoms with E-state index in [9.17, 15) is 0 Å². The molecule has 0 aliphatic carbocycles. The zero-order valence-electron chi connectivity index (χ0n) is 19.0. The summed E-state index contributed by atoms with van der Waals surface area (Å²) in [6, 6.07) is 38.3. The standard InChI is InChI=1S/C29H23N5O/c1-3-10-24(11-4-1)32-21-30-34(22-32)26-14-8-16-28(20-26)35-27-15-7-9-23(19-27)29-17-18-33(31-29)25-12-5-2-6-13-25/h1-21H,22H2. The van der Waals surface area contributed by atoms with E-state index in [1.54, 1.807) is 0 Å². The van der Waals surface area contributed by atoms with Crippen molar-refractivity contribution in [2.75, 3.05) is 16.6 Å². The van der Waals surface area contributed by atoms with Gasteiger partial charge in [0.2, 0.25) is 0 Å². The van der Waals surface area contributed by atoms with Gasteiger partial charge in [0.25, 0.3) is 0 Å². The quantitative estimate of drug-likeness (QED) is 0.290. The predicted octanol–water partition coefficient (Wildman–Crippen LogP) is 6.56.